The van der Waals surface area contributed by atoms with Crippen molar-refractivity contribution in [3.63, 3.8) is 0 Å². The number of rotatable bonds is 5. The molecule has 0 saturated carbocycles. The highest BCUT2D eigenvalue weighted by atomic mass is 32.2. The van der Waals surface area contributed by atoms with Gasteiger partial charge >= 0.3 is 5.97 Å². The minimum atomic E-state index is -1.04. The van der Waals surface area contributed by atoms with E-state index < -0.39 is 16.8 Å². The quantitative estimate of drug-likeness (QED) is 0.898. The molecule has 23 heavy (non-hydrogen) atoms. The maximum atomic E-state index is 12.5. The Morgan fingerprint density at radius 3 is 2.17 bits per heavy atom. The molecule has 2 atom stereocenters. The van der Waals surface area contributed by atoms with Gasteiger partial charge in [-0.1, -0.05) is 12.1 Å². The van der Waals surface area contributed by atoms with Gasteiger partial charge in [-0.15, -0.1) is 11.3 Å². The molecule has 1 N–H and O–H groups in total. The molecule has 0 spiro atoms. The largest absolute Gasteiger partial charge is 0.477 e. The number of carbonyl (C=O) groups is 2. The molecule has 1 heterocycles. The average molecular weight is 351 g/mol. The second-order valence-corrected chi connectivity index (χ2v) is 7.55. The lowest BCUT2D eigenvalue weighted by molar-refractivity contribution is 0.0701. The van der Waals surface area contributed by atoms with Gasteiger partial charge in [-0.2, -0.15) is 0 Å². The minimum absolute atomic E-state index is 0.143. The van der Waals surface area contributed by atoms with Gasteiger partial charge in [-0.05, 0) is 36.8 Å². The van der Waals surface area contributed by atoms with E-state index in [1.54, 1.807) is 30.3 Å². The molecule has 0 bridgehead atoms. The molecular formula is C16H17NO4S2. The fourth-order valence-electron chi connectivity index (χ4n) is 2.08. The Kier molecular flexibility index (Phi) is 5.33. The Bertz CT molecular complexity index is 752. The Labute approximate surface area is 141 Å². The van der Waals surface area contributed by atoms with Crippen LogP contribution in [0.4, 0.5) is 0 Å². The van der Waals surface area contributed by atoms with Gasteiger partial charge in [0.05, 0.1) is 10.9 Å². The highest BCUT2D eigenvalue weighted by Gasteiger charge is 2.21. The van der Waals surface area contributed by atoms with E-state index in [1.165, 1.54) is 12.1 Å². The van der Waals surface area contributed by atoms with Crippen molar-refractivity contribution in [2.24, 2.45) is 0 Å². The first-order chi connectivity index (χ1) is 10.8. The van der Waals surface area contributed by atoms with Crippen LogP contribution in [0, 0.1) is 0 Å². The summed E-state index contributed by atoms with van der Waals surface area (Å²) in [5, 5.41) is 8.94. The summed E-state index contributed by atoms with van der Waals surface area (Å²) in [5.74, 6) is -1.26. The second kappa shape index (κ2) is 7.06. The van der Waals surface area contributed by atoms with Crippen LogP contribution in [0.1, 0.15) is 37.9 Å². The zero-order valence-corrected chi connectivity index (χ0v) is 14.6. The molecule has 1 amide bonds. The van der Waals surface area contributed by atoms with E-state index in [-0.39, 0.29) is 16.8 Å². The van der Waals surface area contributed by atoms with Crippen molar-refractivity contribution in [1.82, 2.24) is 4.90 Å². The van der Waals surface area contributed by atoms with E-state index in [9.17, 15) is 13.8 Å². The number of hydrogen-bond acceptors (Lipinski definition) is 4. The van der Waals surface area contributed by atoms with Crippen LogP contribution in [-0.4, -0.2) is 39.4 Å². The van der Waals surface area contributed by atoms with Gasteiger partial charge in [0.25, 0.3) is 5.91 Å². The summed E-state index contributed by atoms with van der Waals surface area (Å²) < 4.78 is 11.4. The van der Waals surface area contributed by atoms with Crippen LogP contribution < -0.4 is 0 Å². The van der Waals surface area contributed by atoms with Crippen LogP contribution >= 0.6 is 11.3 Å². The topological polar surface area (TPSA) is 74.7 Å². The van der Waals surface area contributed by atoms with Gasteiger partial charge in [-0.25, -0.2) is 4.79 Å². The summed E-state index contributed by atoms with van der Waals surface area (Å²) in [6, 6.07) is 10.1. The second-order valence-electron chi connectivity index (χ2n) is 5.08. The summed E-state index contributed by atoms with van der Waals surface area (Å²) in [6.07, 6.45) is 1.62. The lowest BCUT2D eigenvalue weighted by atomic mass is 10.1. The normalized spacial score (nSPS) is 13.3. The molecule has 1 aromatic carbocycles. The summed E-state index contributed by atoms with van der Waals surface area (Å²) in [7, 11) is 0.644. The maximum absolute atomic E-state index is 12.5. The molecule has 0 radical (unpaired) electrons. The third-order valence-corrected chi connectivity index (χ3v) is 5.62. The number of carboxylic acids is 1. The van der Waals surface area contributed by atoms with Crippen molar-refractivity contribution in [3.8, 4) is 0 Å². The first-order valence-electron chi connectivity index (χ1n) is 6.85. The standard InChI is InChI=1S/C16H17NO4S2/c1-10(11-4-6-12(7-5-11)23(3)21)17(2)15(18)13-8-9-14(22-13)16(19)20/h4-10H,1-3H3,(H,19,20). The Hall–Kier alpha value is -1.99. The van der Waals surface area contributed by atoms with Crippen LogP contribution in [-0.2, 0) is 10.8 Å². The number of benzene rings is 1. The van der Waals surface area contributed by atoms with Crippen molar-refractivity contribution in [2.45, 2.75) is 17.9 Å². The number of aromatic carboxylic acids is 1. The molecule has 1 aromatic heterocycles. The summed E-state index contributed by atoms with van der Waals surface area (Å²) in [5.41, 5.74) is 0.921. The molecule has 0 saturated heterocycles. The number of nitrogens with zero attached hydrogens (tertiary/aromatic N) is 1. The van der Waals surface area contributed by atoms with E-state index in [2.05, 4.69) is 0 Å². The first-order valence-corrected chi connectivity index (χ1v) is 9.22. The number of amides is 1. The summed E-state index contributed by atoms with van der Waals surface area (Å²) >= 11 is 0.965. The highest BCUT2D eigenvalue weighted by Crippen LogP contribution is 2.24. The van der Waals surface area contributed by atoms with E-state index in [0.717, 1.165) is 21.8 Å². The molecule has 7 heteroatoms. The number of carbonyl (C=O) groups excluding carboxylic acids is 1. The molecule has 0 aliphatic heterocycles. The lowest BCUT2D eigenvalue weighted by Gasteiger charge is -2.25. The van der Waals surface area contributed by atoms with Gasteiger partial charge in [0, 0.05) is 29.0 Å². The predicted octanol–water partition coefficient (Wildman–Crippen LogP) is 3.02. The average Bonchev–Trinajstić information content (AvgIpc) is 3.03. The van der Waals surface area contributed by atoms with E-state index in [1.807, 2.05) is 19.1 Å². The van der Waals surface area contributed by atoms with E-state index >= 15 is 0 Å². The zero-order chi connectivity index (χ0) is 17.1. The number of hydrogen-bond donors (Lipinski definition) is 1. The molecule has 5 nitrogen and oxygen atoms in total. The van der Waals surface area contributed by atoms with Crippen LogP contribution in [0.5, 0.6) is 0 Å². The zero-order valence-electron chi connectivity index (χ0n) is 13.0. The molecule has 0 fully saturated rings. The third-order valence-electron chi connectivity index (χ3n) is 3.62. The van der Waals surface area contributed by atoms with Gasteiger partial charge in [0.15, 0.2) is 0 Å². The molecule has 0 aliphatic rings. The van der Waals surface area contributed by atoms with Gasteiger partial charge < -0.3 is 10.0 Å². The fourth-order valence-corrected chi connectivity index (χ4v) is 3.43. The third kappa shape index (κ3) is 3.86. The SMILES string of the molecule is CC(c1ccc(S(C)=O)cc1)N(C)C(=O)c1ccc(C(=O)O)s1. The fraction of sp³-hybridized carbons (Fsp3) is 0.250. The van der Waals surface area contributed by atoms with Crippen molar-refractivity contribution >= 4 is 34.0 Å². The van der Waals surface area contributed by atoms with Crippen molar-refractivity contribution < 1.29 is 18.9 Å². The van der Waals surface area contributed by atoms with Gasteiger partial charge in [0.1, 0.15) is 4.88 Å². The Balaban J connectivity index is 2.17. The van der Waals surface area contributed by atoms with Gasteiger partial charge in [-0.3, -0.25) is 9.00 Å². The minimum Gasteiger partial charge on any atom is -0.477 e. The Morgan fingerprint density at radius 2 is 1.70 bits per heavy atom. The summed E-state index contributed by atoms with van der Waals surface area (Å²) in [4.78, 5) is 26.2. The smallest absolute Gasteiger partial charge is 0.345 e. The van der Waals surface area contributed by atoms with E-state index in [0.29, 0.717) is 4.88 Å². The van der Waals surface area contributed by atoms with Crippen molar-refractivity contribution in [2.75, 3.05) is 13.3 Å². The highest BCUT2D eigenvalue weighted by molar-refractivity contribution is 7.84. The molecular weight excluding hydrogens is 334 g/mol. The first kappa shape index (κ1) is 17.4. The van der Waals surface area contributed by atoms with E-state index in [4.69, 9.17) is 5.11 Å². The molecule has 2 unspecified atom stereocenters. The molecule has 0 aliphatic carbocycles. The summed E-state index contributed by atoms with van der Waals surface area (Å²) in [6.45, 7) is 1.89. The van der Waals surface area contributed by atoms with Crippen LogP contribution in [0.3, 0.4) is 0 Å². The number of thiophene rings is 1. The molecule has 122 valence electrons. The molecule has 2 aromatic rings. The van der Waals surface area contributed by atoms with Crippen LogP contribution in [0.2, 0.25) is 0 Å². The Morgan fingerprint density at radius 1 is 1.13 bits per heavy atom. The number of carboxylic acid groups (broad SMARTS) is 1. The lowest BCUT2D eigenvalue weighted by Crippen LogP contribution is -2.29. The van der Waals surface area contributed by atoms with Crippen molar-refractivity contribution in [1.29, 1.82) is 0 Å². The molecule has 2 rings (SSSR count). The predicted molar refractivity (Wildman–Crippen MR) is 90.6 cm³/mol. The van der Waals surface area contributed by atoms with Crippen LogP contribution in [0.25, 0.3) is 0 Å². The maximum Gasteiger partial charge on any atom is 0.345 e. The monoisotopic (exact) mass is 351 g/mol. The van der Waals surface area contributed by atoms with Gasteiger partial charge in [0.2, 0.25) is 0 Å². The van der Waals surface area contributed by atoms with Crippen molar-refractivity contribution in [3.05, 3.63) is 51.7 Å². The van der Waals surface area contributed by atoms with Crippen LogP contribution in [0.15, 0.2) is 41.3 Å².